The fourth-order valence-corrected chi connectivity index (χ4v) is 1.91. The summed E-state index contributed by atoms with van der Waals surface area (Å²) >= 11 is 0. The molecule has 0 aliphatic heterocycles. The predicted molar refractivity (Wildman–Crippen MR) is 81.7 cm³/mol. The molecule has 1 unspecified atom stereocenters. The molecule has 0 heterocycles. The largest absolute Gasteiger partial charge is 0.495 e. The van der Waals surface area contributed by atoms with Crippen molar-refractivity contribution in [1.29, 1.82) is 0 Å². The molecule has 0 amide bonds. The average Bonchev–Trinajstić information content (AvgIpc) is 2.45. The van der Waals surface area contributed by atoms with Crippen LogP contribution >= 0.6 is 0 Å². The second-order valence-corrected chi connectivity index (χ2v) is 4.76. The van der Waals surface area contributed by atoms with Crippen molar-refractivity contribution in [3.63, 3.8) is 0 Å². The second kappa shape index (κ2) is 8.60. The Morgan fingerprint density at radius 1 is 1.35 bits per heavy atom. The van der Waals surface area contributed by atoms with Crippen LogP contribution in [-0.4, -0.2) is 45.4 Å². The van der Waals surface area contributed by atoms with Gasteiger partial charge < -0.3 is 15.2 Å². The fraction of sp³-hybridized carbons (Fsp3) is 0.500. The minimum atomic E-state index is 0.345. The van der Waals surface area contributed by atoms with Gasteiger partial charge in [-0.25, -0.2) is 0 Å². The van der Waals surface area contributed by atoms with Gasteiger partial charge >= 0.3 is 0 Å². The lowest BCUT2D eigenvalue weighted by molar-refractivity contribution is 0.112. The van der Waals surface area contributed by atoms with E-state index in [1.54, 1.807) is 14.2 Å². The Hall–Kier alpha value is -1.54. The Balaban J connectivity index is 2.86. The summed E-state index contributed by atoms with van der Waals surface area (Å²) in [5, 5.41) is 0. The van der Waals surface area contributed by atoms with Crippen molar-refractivity contribution in [3.05, 3.63) is 29.3 Å². The molecular formula is C16H24N2O2. The number of hydrogen-bond donors (Lipinski definition) is 1. The quantitative estimate of drug-likeness (QED) is 0.799. The van der Waals surface area contributed by atoms with Crippen molar-refractivity contribution in [3.8, 4) is 17.6 Å². The summed E-state index contributed by atoms with van der Waals surface area (Å²) in [5.74, 6) is 6.70. The van der Waals surface area contributed by atoms with E-state index < -0.39 is 0 Å². The smallest absolute Gasteiger partial charge is 0.134 e. The molecule has 110 valence electrons. The van der Waals surface area contributed by atoms with Crippen molar-refractivity contribution >= 4 is 0 Å². The van der Waals surface area contributed by atoms with Crippen LogP contribution in [0.4, 0.5) is 0 Å². The van der Waals surface area contributed by atoms with Gasteiger partial charge in [-0.15, -0.1) is 0 Å². The molecule has 0 fully saturated rings. The van der Waals surface area contributed by atoms with Gasteiger partial charge in [0, 0.05) is 19.7 Å². The molecule has 0 bridgehead atoms. The highest BCUT2D eigenvalue weighted by molar-refractivity contribution is 5.48. The topological polar surface area (TPSA) is 47.7 Å². The van der Waals surface area contributed by atoms with E-state index in [9.17, 15) is 0 Å². The van der Waals surface area contributed by atoms with E-state index in [0.29, 0.717) is 19.2 Å². The van der Waals surface area contributed by atoms with Crippen LogP contribution in [0, 0.1) is 11.8 Å². The molecule has 0 aliphatic carbocycles. The van der Waals surface area contributed by atoms with Crippen molar-refractivity contribution < 1.29 is 9.47 Å². The SMILES string of the molecule is COCC(C)N(C)Cc1ccc(OC)c(C#CCN)c1. The molecule has 2 N–H and O–H groups in total. The van der Waals surface area contributed by atoms with Crippen LogP contribution in [0.5, 0.6) is 5.75 Å². The zero-order valence-corrected chi connectivity index (χ0v) is 12.8. The number of rotatable bonds is 6. The molecule has 1 atom stereocenters. The van der Waals surface area contributed by atoms with Gasteiger partial charge in [0.25, 0.3) is 0 Å². The zero-order valence-electron chi connectivity index (χ0n) is 12.8. The molecule has 0 spiro atoms. The Morgan fingerprint density at radius 2 is 2.10 bits per heavy atom. The summed E-state index contributed by atoms with van der Waals surface area (Å²) in [6.07, 6.45) is 0. The fourth-order valence-electron chi connectivity index (χ4n) is 1.91. The number of likely N-dealkylation sites (N-methyl/N-ethyl adjacent to an activating group) is 1. The minimum Gasteiger partial charge on any atom is -0.495 e. The molecule has 0 aromatic heterocycles. The molecule has 1 rings (SSSR count). The zero-order chi connectivity index (χ0) is 15.0. The van der Waals surface area contributed by atoms with E-state index in [0.717, 1.165) is 17.9 Å². The third kappa shape index (κ3) is 4.86. The maximum absolute atomic E-state index is 5.42. The van der Waals surface area contributed by atoms with E-state index in [-0.39, 0.29) is 0 Å². The lowest BCUT2D eigenvalue weighted by Gasteiger charge is -2.24. The molecule has 1 aromatic carbocycles. The Labute approximate surface area is 121 Å². The first-order valence-corrected chi connectivity index (χ1v) is 6.67. The normalized spacial score (nSPS) is 11.9. The lowest BCUT2D eigenvalue weighted by atomic mass is 10.1. The number of benzene rings is 1. The Bertz CT molecular complexity index is 477. The Kier molecular flexibility index (Phi) is 7.10. The van der Waals surface area contributed by atoms with Crippen LogP contribution in [0.1, 0.15) is 18.1 Å². The van der Waals surface area contributed by atoms with Crippen LogP contribution in [0.25, 0.3) is 0 Å². The van der Waals surface area contributed by atoms with Gasteiger partial charge in [-0.2, -0.15) is 0 Å². The van der Waals surface area contributed by atoms with Gasteiger partial charge in [-0.05, 0) is 31.7 Å². The van der Waals surface area contributed by atoms with Crippen LogP contribution in [0.2, 0.25) is 0 Å². The van der Waals surface area contributed by atoms with E-state index >= 15 is 0 Å². The standard InChI is InChI=1S/C16H24N2O2/c1-13(12-19-3)18(2)11-14-7-8-16(20-4)15(10-14)6-5-9-17/h7-8,10,13H,9,11-12,17H2,1-4H3. The molecular weight excluding hydrogens is 252 g/mol. The highest BCUT2D eigenvalue weighted by Gasteiger charge is 2.10. The summed E-state index contributed by atoms with van der Waals surface area (Å²) in [5.41, 5.74) is 7.49. The molecule has 0 radical (unpaired) electrons. The number of nitrogens with zero attached hydrogens (tertiary/aromatic N) is 1. The van der Waals surface area contributed by atoms with Crippen molar-refractivity contribution in [2.24, 2.45) is 5.73 Å². The number of methoxy groups -OCH3 is 2. The summed E-state index contributed by atoms with van der Waals surface area (Å²) in [6.45, 7) is 4.04. The highest BCUT2D eigenvalue weighted by Crippen LogP contribution is 2.20. The first-order valence-electron chi connectivity index (χ1n) is 6.67. The first kappa shape index (κ1) is 16.5. The molecule has 4 heteroatoms. The van der Waals surface area contributed by atoms with Gasteiger partial charge in [-0.3, -0.25) is 4.90 Å². The summed E-state index contributed by atoms with van der Waals surface area (Å²) in [7, 11) is 5.45. The average molecular weight is 276 g/mol. The molecule has 0 saturated heterocycles. The third-order valence-electron chi connectivity index (χ3n) is 3.18. The number of nitrogens with two attached hydrogens (primary N) is 1. The van der Waals surface area contributed by atoms with E-state index in [4.69, 9.17) is 15.2 Å². The van der Waals surface area contributed by atoms with E-state index in [1.807, 2.05) is 6.07 Å². The molecule has 20 heavy (non-hydrogen) atoms. The van der Waals surface area contributed by atoms with Crippen molar-refractivity contribution in [2.45, 2.75) is 19.5 Å². The maximum Gasteiger partial charge on any atom is 0.134 e. The van der Waals surface area contributed by atoms with Crippen LogP contribution in [-0.2, 0) is 11.3 Å². The highest BCUT2D eigenvalue weighted by atomic mass is 16.5. The van der Waals surface area contributed by atoms with Gasteiger partial charge in [0.2, 0.25) is 0 Å². The summed E-state index contributed by atoms with van der Waals surface area (Å²) in [6, 6.07) is 6.42. The maximum atomic E-state index is 5.42. The monoisotopic (exact) mass is 276 g/mol. The Morgan fingerprint density at radius 3 is 2.70 bits per heavy atom. The number of hydrogen-bond acceptors (Lipinski definition) is 4. The van der Waals surface area contributed by atoms with Crippen LogP contribution in [0.3, 0.4) is 0 Å². The lowest BCUT2D eigenvalue weighted by Crippen LogP contribution is -2.32. The molecule has 0 aliphatic rings. The molecule has 0 saturated carbocycles. The molecule has 4 nitrogen and oxygen atoms in total. The van der Waals surface area contributed by atoms with Crippen molar-refractivity contribution in [2.75, 3.05) is 34.4 Å². The van der Waals surface area contributed by atoms with E-state index in [2.05, 4.69) is 42.8 Å². The van der Waals surface area contributed by atoms with Crippen molar-refractivity contribution in [1.82, 2.24) is 4.90 Å². The summed E-state index contributed by atoms with van der Waals surface area (Å²) < 4.78 is 10.5. The van der Waals surface area contributed by atoms with Gasteiger partial charge in [-0.1, -0.05) is 17.9 Å². The first-order chi connectivity index (χ1) is 9.62. The van der Waals surface area contributed by atoms with E-state index in [1.165, 1.54) is 5.56 Å². The second-order valence-electron chi connectivity index (χ2n) is 4.76. The van der Waals surface area contributed by atoms with Crippen LogP contribution < -0.4 is 10.5 Å². The molecule has 1 aromatic rings. The van der Waals surface area contributed by atoms with Crippen LogP contribution in [0.15, 0.2) is 18.2 Å². The predicted octanol–water partition coefficient (Wildman–Crippen LogP) is 1.47. The van der Waals surface area contributed by atoms with Gasteiger partial charge in [0.15, 0.2) is 0 Å². The van der Waals surface area contributed by atoms with Gasteiger partial charge in [0.1, 0.15) is 5.75 Å². The number of ether oxygens (including phenoxy) is 2. The minimum absolute atomic E-state index is 0.345. The van der Waals surface area contributed by atoms with Gasteiger partial charge in [0.05, 0.1) is 25.8 Å². The third-order valence-corrected chi connectivity index (χ3v) is 3.18. The summed E-state index contributed by atoms with van der Waals surface area (Å²) in [4.78, 5) is 2.24.